The lowest BCUT2D eigenvalue weighted by molar-refractivity contribution is -0.145. The highest BCUT2D eigenvalue weighted by molar-refractivity contribution is 5.97. The number of β-amino-alcohol motifs (C(OH)–C–C–N with tert-alkyl or cyclic N) is 1. The number of benzene rings is 2. The van der Waals surface area contributed by atoms with Crippen molar-refractivity contribution in [2.45, 2.75) is 18.6 Å². The van der Waals surface area contributed by atoms with Crippen LogP contribution in [-0.4, -0.2) is 47.7 Å². The van der Waals surface area contributed by atoms with E-state index in [9.17, 15) is 14.7 Å². The Morgan fingerprint density at radius 1 is 1.04 bits per heavy atom. The van der Waals surface area contributed by atoms with Gasteiger partial charge < -0.3 is 14.7 Å². The number of carbonyl (C=O) groups excluding carboxylic acids is 2. The fraction of sp³-hybridized carbons (Fsp3) is 0.263. The molecule has 0 spiro atoms. The van der Waals surface area contributed by atoms with E-state index in [0.29, 0.717) is 5.56 Å². The van der Waals surface area contributed by atoms with Gasteiger partial charge in [-0.15, -0.1) is 0 Å². The zero-order chi connectivity index (χ0) is 17.1. The van der Waals surface area contributed by atoms with Crippen molar-refractivity contribution in [2.24, 2.45) is 0 Å². The molecular weight excluding hydrogens is 306 g/mol. The van der Waals surface area contributed by atoms with Crippen LogP contribution in [-0.2, 0) is 9.53 Å². The Morgan fingerprint density at radius 2 is 1.67 bits per heavy atom. The number of aliphatic hydroxyl groups is 1. The standard InChI is InChI=1S/C19H19NO4/c1-24-19(23)17-11-16(21)12-20(17)18(22)15-9-7-14(8-10-15)13-5-3-2-4-6-13/h2-10,16-17,21H,11-12H2,1H3/t16-,17+/m1/s1. The normalized spacial score (nSPS) is 20.0. The van der Waals surface area contributed by atoms with Crippen molar-refractivity contribution in [3.05, 3.63) is 60.2 Å². The van der Waals surface area contributed by atoms with Gasteiger partial charge in [-0.2, -0.15) is 0 Å². The summed E-state index contributed by atoms with van der Waals surface area (Å²) in [5.41, 5.74) is 2.57. The molecule has 0 aliphatic carbocycles. The minimum atomic E-state index is -0.730. The van der Waals surface area contributed by atoms with Crippen molar-refractivity contribution in [1.82, 2.24) is 4.90 Å². The summed E-state index contributed by atoms with van der Waals surface area (Å²) in [5.74, 6) is -0.776. The maximum atomic E-state index is 12.7. The average molecular weight is 325 g/mol. The van der Waals surface area contributed by atoms with Gasteiger partial charge >= 0.3 is 5.97 Å². The number of amides is 1. The molecule has 1 N–H and O–H groups in total. The van der Waals surface area contributed by atoms with Crippen molar-refractivity contribution < 1.29 is 19.4 Å². The molecule has 1 heterocycles. The van der Waals surface area contributed by atoms with Crippen molar-refractivity contribution in [3.8, 4) is 11.1 Å². The van der Waals surface area contributed by atoms with Gasteiger partial charge in [0.2, 0.25) is 0 Å². The second-order valence-corrected chi connectivity index (χ2v) is 5.83. The number of likely N-dealkylation sites (tertiary alicyclic amines) is 1. The molecule has 0 unspecified atom stereocenters. The van der Waals surface area contributed by atoms with E-state index in [4.69, 9.17) is 4.74 Å². The predicted octanol–water partition coefficient (Wildman–Crippen LogP) is 2.10. The highest BCUT2D eigenvalue weighted by atomic mass is 16.5. The number of nitrogens with zero attached hydrogens (tertiary/aromatic N) is 1. The van der Waals surface area contributed by atoms with Crippen LogP contribution in [0.25, 0.3) is 11.1 Å². The summed E-state index contributed by atoms with van der Waals surface area (Å²) in [6.07, 6.45) is -0.498. The Kier molecular flexibility index (Phi) is 4.62. The lowest BCUT2D eigenvalue weighted by atomic mass is 10.0. The quantitative estimate of drug-likeness (QED) is 0.878. The molecule has 124 valence electrons. The maximum Gasteiger partial charge on any atom is 0.328 e. The van der Waals surface area contributed by atoms with Crippen LogP contribution in [0.3, 0.4) is 0 Å². The highest BCUT2D eigenvalue weighted by Crippen LogP contribution is 2.24. The molecule has 0 aromatic heterocycles. The molecule has 2 aromatic carbocycles. The van der Waals surface area contributed by atoms with Crippen molar-refractivity contribution >= 4 is 11.9 Å². The highest BCUT2D eigenvalue weighted by Gasteiger charge is 2.39. The molecule has 2 aromatic rings. The molecule has 3 rings (SSSR count). The van der Waals surface area contributed by atoms with Gasteiger partial charge in [0.25, 0.3) is 5.91 Å². The monoisotopic (exact) mass is 325 g/mol. The summed E-state index contributed by atoms with van der Waals surface area (Å²) in [4.78, 5) is 25.9. The molecule has 0 radical (unpaired) electrons. The average Bonchev–Trinajstić information content (AvgIpc) is 3.03. The molecule has 2 atom stereocenters. The third-order valence-electron chi connectivity index (χ3n) is 4.25. The number of esters is 1. The SMILES string of the molecule is COC(=O)[C@@H]1C[C@@H](O)CN1C(=O)c1ccc(-c2ccccc2)cc1. The van der Waals surface area contributed by atoms with E-state index >= 15 is 0 Å². The second kappa shape index (κ2) is 6.84. The largest absolute Gasteiger partial charge is 0.467 e. The molecule has 5 nitrogen and oxygen atoms in total. The lowest BCUT2D eigenvalue weighted by Gasteiger charge is -2.22. The van der Waals surface area contributed by atoms with E-state index in [1.165, 1.54) is 12.0 Å². The van der Waals surface area contributed by atoms with Gasteiger partial charge in [0, 0.05) is 18.5 Å². The third kappa shape index (κ3) is 3.16. The molecule has 24 heavy (non-hydrogen) atoms. The van der Waals surface area contributed by atoms with Crippen LogP contribution in [0.5, 0.6) is 0 Å². The topological polar surface area (TPSA) is 66.8 Å². The molecule has 1 aliphatic rings. The summed E-state index contributed by atoms with van der Waals surface area (Å²) in [6.45, 7) is 0.138. The Morgan fingerprint density at radius 3 is 2.29 bits per heavy atom. The van der Waals surface area contributed by atoms with Crippen molar-refractivity contribution in [1.29, 1.82) is 0 Å². The first kappa shape index (κ1) is 16.2. The summed E-state index contributed by atoms with van der Waals surface area (Å²) < 4.78 is 4.73. The van der Waals surface area contributed by atoms with Gasteiger partial charge in [-0.1, -0.05) is 42.5 Å². The Labute approximate surface area is 140 Å². The van der Waals surface area contributed by atoms with Gasteiger partial charge in [0.15, 0.2) is 0 Å². The van der Waals surface area contributed by atoms with E-state index < -0.39 is 18.1 Å². The molecule has 0 bridgehead atoms. The number of aliphatic hydroxyl groups excluding tert-OH is 1. The second-order valence-electron chi connectivity index (χ2n) is 5.83. The minimum absolute atomic E-state index is 0.138. The minimum Gasteiger partial charge on any atom is -0.467 e. The number of rotatable bonds is 3. The van der Waals surface area contributed by atoms with E-state index in [2.05, 4.69) is 0 Å². The van der Waals surface area contributed by atoms with Crippen LogP contribution >= 0.6 is 0 Å². The van der Waals surface area contributed by atoms with E-state index in [1.807, 2.05) is 42.5 Å². The first-order valence-corrected chi connectivity index (χ1v) is 7.82. The van der Waals surface area contributed by atoms with Gasteiger partial charge in [-0.05, 0) is 23.3 Å². The maximum absolute atomic E-state index is 12.7. The lowest BCUT2D eigenvalue weighted by Crippen LogP contribution is -2.41. The van der Waals surface area contributed by atoms with E-state index in [0.717, 1.165) is 11.1 Å². The summed E-state index contributed by atoms with van der Waals surface area (Å²) in [7, 11) is 1.28. The molecule has 1 aliphatic heterocycles. The Balaban J connectivity index is 1.81. The fourth-order valence-corrected chi connectivity index (χ4v) is 3.00. The number of ether oxygens (including phenoxy) is 1. The number of methoxy groups -OCH3 is 1. The zero-order valence-corrected chi connectivity index (χ0v) is 13.4. The summed E-state index contributed by atoms with van der Waals surface area (Å²) in [5, 5.41) is 9.80. The van der Waals surface area contributed by atoms with Gasteiger partial charge in [-0.25, -0.2) is 4.79 Å². The van der Waals surface area contributed by atoms with Gasteiger partial charge in [0.1, 0.15) is 6.04 Å². The van der Waals surface area contributed by atoms with Crippen LogP contribution in [0, 0.1) is 0 Å². The molecule has 1 amide bonds. The van der Waals surface area contributed by atoms with Crippen LogP contribution in [0.4, 0.5) is 0 Å². The molecule has 1 fully saturated rings. The van der Waals surface area contributed by atoms with Crippen LogP contribution in [0.15, 0.2) is 54.6 Å². The Bertz CT molecular complexity index is 727. The molecular formula is C19H19NO4. The van der Waals surface area contributed by atoms with E-state index in [1.54, 1.807) is 12.1 Å². The zero-order valence-electron chi connectivity index (χ0n) is 13.4. The van der Waals surface area contributed by atoms with Gasteiger partial charge in [-0.3, -0.25) is 4.79 Å². The number of hydrogen-bond acceptors (Lipinski definition) is 4. The van der Waals surface area contributed by atoms with E-state index in [-0.39, 0.29) is 18.9 Å². The molecule has 1 saturated heterocycles. The van der Waals surface area contributed by atoms with Crippen LogP contribution in [0.2, 0.25) is 0 Å². The first-order valence-electron chi connectivity index (χ1n) is 7.82. The van der Waals surface area contributed by atoms with Crippen molar-refractivity contribution in [3.63, 3.8) is 0 Å². The van der Waals surface area contributed by atoms with Crippen molar-refractivity contribution in [2.75, 3.05) is 13.7 Å². The summed E-state index contributed by atoms with van der Waals surface area (Å²) in [6, 6.07) is 16.4. The summed E-state index contributed by atoms with van der Waals surface area (Å²) >= 11 is 0. The van der Waals surface area contributed by atoms with Crippen LogP contribution < -0.4 is 0 Å². The first-order chi connectivity index (χ1) is 11.6. The van der Waals surface area contributed by atoms with Gasteiger partial charge in [0.05, 0.1) is 13.2 Å². The smallest absolute Gasteiger partial charge is 0.328 e. The predicted molar refractivity (Wildman–Crippen MR) is 89.3 cm³/mol. The fourth-order valence-electron chi connectivity index (χ4n) is 3.00. The molecule has 5 heteroatoms. The number of hydrogen-bond donors (Lipinski definition) is 1. The Hall–Kier alpha value is -2.66. The molecule has 0 saturated carbocycles. The van der Waals surface area contributed by atoms with Crippen LogP contribution in [0.1, 0.15) is 16.8 Å². The number of carbonyl (C=O) groups is 2. The third-order valence-corrected chi connectivity index (χ3v) is 4.25.